The summed E-state index contributed by atoms with van der Waals surface area (Å²) in [6.07, 6.45) is 4.30. The topological polar surface area (TPSA) is 54.2 Å². The van der Waals surface area contributed by atoms with Gasteiger partial charge in [-0.25, -0.2) is 0 Å². The summed E-state index contributed by atoms with van der Waals surface area (Å²) in [6, 6.07) is 0.385. The van der Waals surface area contributed by atoms with Crippen LogP contribution >= 0.6 is 0 Å². The highest BCUT2D eigenvalue weighted by Crippen LogP contribution is 2.19. The van der Waals surface area contributed by atoms with Crippen molar-refractivity contribution in [2.24, 2.45) is 5.92 Å². The molecule has 1 N–H and O–H groups in total. The normalized spacial score (nSPS) is 23.2. The SMILES string of the molecule is CNC(C)Cc1noc(CC2CCCN(C)C2)n1. The maximum Gasteiger partial charge on any atom is 0.226 e. The summed E-state index contributed by atoms with van der Waals surface area (Å²) in [4.78, 5) is 6.86. The average Bonchev–Trinajstić information content (AvgIpc) is 2.76. The van der Waals surface area contributed by atoms with E-state index in [9.17, 15) is 0 Å². The Labute approximate surface area is 109 Å². The lowest BCUT2D eigenvalue weighted by Gasteiger charge is -2.28. The molecule has 102 valence electrons. The monoisotopic (exact) mass is 252 g/mol. The second-order valence-electron chi connectivity index (χ2n) is 5.47. The number of hydrogen-bond acceptors (Lipinski definition) is 5. The van der Waals surface area contributed by atoms with Gasteiger partial charge in [0.05, 0.1) is 0 Å². The molecule has 0 aliphatic carbocycles. The van der Waals surface area contributed by atoms with Gasteiger partial charge < -0.3 is 14.7 Å². The Morgan fingerprint density at radius 1 is 1.56 bits per heavy atom. The number of piperidine rings is 1. The Morgan fingerprint density at radius 3 is 3.11 bits per heavy atom. The third kappa shape index (κ3) is 3.78. The number of hydrogen-bond donors (Lipinski definition) is 1. The maximum absolute atomic E-state index is 5.34. The van der Waals surface area contributed by atoms with Crippen molar-refractivity contribution in [3.63, 3.8) is 0 Å². The van der Waals surface area contributed by atoms with Gasteiger partial charge in [0.2, 0.25) is 5.89 Å². The van der Waals surface area contributed by atoms with E-state index in [2.05, 4.69) is 34.3 Å². The number of likely N-dealkylation sites (tertiary alicyclic amines) is 1. The highest BCUT2D eigenvalue weighted by Gasteiger charge is 2.20. The van der Waals surface area contributed by atoms with Crippen molar-refractivity contribution in [2.75, 3.05) is 27.2 Å². The van der Waals surface area contributed by atoms with E-state index in [1.54, 1.807) is 0 Å². The highest BCUT2D eigenvalue weighted by atomic mass is 16.5. The standard InChI is InChI=1S/C13H24N4O/c1-10(14-2)7-12-15-13(18-16-12)8-11-5-4-6-17(3)9-11/h10-11,14H,4-9H2,1-3H3. The van der Waals surface area contributed by atoms with Gasteiger partial charge in [-0.15, -0.1) is 0 Å². The Kier molecular flexibility index (Phi) is 4.72. The molecule has 2 unspecified atom stereocenters. The van der Waals surface area contributed by atoms with Gasteiger partial charge in [0, 0.05) is 25.4 Å². The molecule has 0 aromatic carbocycles. The second kappa shape index (κ2) is 6.29. The highest BCUT2D eigenvalue weighted by molar-refractivity contribution is 4.91. The first-order chi connectivity index (χ1) is 8.67. The first-order valence-corrected chi connectivity index (χ1v) is 6.84. The van der Waals surface area contributed by atoms with Crippen molar-refractivity contribution in [3.05, 3.63) is 11.7 Å². The minimum Gasteiger partial charge on any atom is -0.339 e. The fourth-order valence-corrected chi connectivity index (χ4v) is 2.52. The molecule has 0 radical (unpaired) electrons. The smallest absolute Gasteiger partial charge is 0.226 e. The van der Waals surface area contributed by atoms with Crippen LogP contribution in [-0.4, -0.2) is 48.3 Å². The van der Waals surface area contributed by atoms with Gasteiger partial charge >= 0.3 is 0 Å². The molecule has 5 heteroatoms. The van der Waals surface area contributed by atoms with Gasteiger partial charge in [0.25, 0.3) is 0 Å². The summed E-state index contributed by atoms with van der Waals surface area (Å²) in [5, 5.41) is 7.23. The predicted molar refractivity (Wildman–Crippen MR) is 70.4 cm³/mol. The van der Waals surface area contributed by atoms with E-state index in [0.29, 0.717) is 12.0 Å². The van der Waals surface area contributed by atoms with E-state index in [-0.39, 0.29) is 0 Å². The van der Waals surface area contributed by atoms with Crippen LogP contribution < -0.4 is 5.32 Å². The number of nitrogens with one attached hydrogen (secondary N) is 1. The van der Waals surface area contributed by atoms with Crippen LogP contribution in [0.4, 0.5) is 0 Å². The van der Waals surface area contributed by atoms with Crippen LogP contribution in [0.25, 0.3) is 0 Å². The molecule has 2 heterocycles. The van der Waals surface area contributed by atoms with Crippen LogP contribution in [0, 0.1) is 5.92 Å². The number of likely N-dealkylation sites (N-methyl/N-ethyl adjacent to an activating group) is 1. The molecule has 18 heavy (non-hydrogen) atoms. The van der Waals surface area contributed by atoms with Gasteiger partial charge in [-0.1, -0.05) is 5.16 Å². The molecular weight excluding hydrogens is 228 g/mol. The molecule has 1 fully saturated rings. The van der Waals surface area contributed by atoms with Crippen molar-refractivity contribution < 1.29 is 4.52 Å². The molecule has 1 aromatic rings. The molecular formula is C13H24N4O. The van der Waals surface area contributed by atoms with E-state index in [0.717, 1.165) is 31.1 Å². The van der Waals surface area contributed by atoms with Crippen molar-refractivity contribution in [1.82, 2.24) is 20.4 Å². The number of nitrogens with zero attached hydrogens (tertiary/aromatic N) is 3. The molecule has 1 aromatic heterocycles. The number of rotatable bonds is 5. The average molecular weight is 252 g/mol. The molecule has 1 saturated heterocycles. The summed E-state index contributed by atoms with van der Waals surface area (Å²) in [7, 11) is 4.13. The van der Waals surface area contributed by atoms with Crippen molar-refractivity contribution in [2.45, 2.75) is 38.6 Å². The van der Waals surface area contributed by atoms with E-state index in [1.165, 1.54) is 19.4 Å². The zero-order valence-corrected chi connectivity index (χ0v) is 11.6. The van der Waals surface area contributed by atoms with E-state index < -0.39 is 0 Å². The first kappa shape index (κ1) is 13.5. The van der Waals surface area contributed by atoms with E-state index in [1.807, 2.05) is 7.05 Å². The van der Waals surface area contributed by atoms with Crippen LogP contribution in [0.5, 0.6) is 0 Å². The van der Waals surface area contributed by atoms with E-state index in [4.69, 9.17) is 4.52 Å². The molecule has 0 bridgehead atoms. The molecule has 0 spiro atoms. The lowest BCUT2D eigenvalue weighted by Crippen LogP contribution is -2.33. The molecule has 0 amide bonds. The Balaban J connectivity index is 1.86. The van der Waals surface area contributed by atoms with Crippen LogP contribution in [0.3, 0.4) is 0 Å². The van der Waals surface area contributed by atoms with E-state index >= 15 is 0 Å². The fraction of sp³-hybridized carbons (Fsp3) is 0.846. The van der Waals surface area contributed by atoms with Crippen molar-refractivity contribution in [1.29, 1.82) is 0 Å². The molecule has 2 atom stereocenters. The van der Waals surface area contributed by atoms with Crippen LogP contribution in [0.15, 0.2) is 4.52 Å². The lowest BCUT2D eigenvalue weighted by atomic mass is 9.95. The minimum absolute atomic E-state index is 0.385. The lowest BCUT2D eigenvalue weighted by molar-refractivity contribution is 0.199. The maximum atomic E-state index is 5.34. The van der Waals surface area contributed by atoms with Crippen LogP contribution in [0.1, 0.15) is 31.5 Å². The van der Waals surface area contributed by atoms with Gasteiger partial charge in [0.1, 0.15) is 0 Å². The summed E-state index contributed by atoms with van der Waals surface area (Å²) in [6.45, 7) is 4.47. The summed E-state index contributed by atoms with van der Waals surface area (Å²) < 4.78 is 5.34. The summed E-state index contributed by atoms with van der Waals surface area (Å²) >= 11 is 0. The molecule has 1 aliphatic rings. The fourth-order valence-electron chi connectivity index (χ4n) is 2.52. The zero-order chi connectivity index (χ0) is 13.0. The number of aromatic nitrogens is 2. The van der Waals surface area contributed by atoms with Gasteiger partial charge in [-0.05, 0) is 46.3 Å². The molecule has 2 rings (SSSR count). The van der Waals surface area contributed by atoms with Crippen LogP contribution in [-0.2, 0) is 12.8 Å². The molecule has 5 nitrogen and oxygen atoms in total. The largest absolute Gasteiger partial charge is 0.339 e. The minimum atomic E-state index is 0.385. The molecule has 1 aliphatic heterocycles. The second-order valence-corrected chi connectivity index (χ2v) is 5.47. The Morgan fingerprint density at radius 2 is 2.39 bits per heavy atom. The summed E-state index contributed by atoms with van der Waals surface area (Å²) in [5.41, 5.74) is 0. The van der Waals surface area contributed by atoms with Gasteiger partial charge in [0.15, 0.2) is 5.82 Å². The third-order valence-electron chi connectivity index (χ3n) is 3.68. The van der Waals surface area contributed by atoms with Crippen molar-refractivity contribution >= 4 is 0 Å². The third-order valence-corrected chi connectivity index (χ3v) is 3.68. The molecule has 0 saturated carbocycles. The Hall–Kier alpha value is -0.940. The first-order valence-electron chi connectivity index (χ1n) is 6.84. The quantitative estimate of drug-likeness (QED) is 0.850. The zero-order valence-electron chi connectivity index (χ0n) is 11.6. The predicted octanol–water partition coefficient (Wildman–Crippen LogP) is 1.10. The van der Waals surface area contributed by atoms with Crippen molar-refractivity contribution in [3.8, 4) is 0 Å². The van der Waals surface area contributed by atoms with Gasteiger partial charge in [-0.3, -0.25) is 0 Å². The Bertz CT molecular complexity index is 366. The summed E-state index contributed by atoms with van der Waals surface area (Å²) in [5.74, 6) is 2.28. The van der Waals surface area contributed by atoms with Gasteiger partial charge in [-0.2, -0.15) is 4.98 Å². The van der Waals surface area contributed by atoms with Crippen LogP contribution in [0.2, 0.25) is 0 Å².